The number of halogens is 1. The van der Waals surface area contributed by atoms with Gasteiger partial charge in [0.15, 0.2) is 11.5 Å². The van der Waals surface area contributed by atoms with Crippen molar-refractivity contribution in [2.24, 2.45) is 5.92 Å². The highest BCUT2D eigenvalue weighted by molar-refractivity contribution is 14.2. The summed E-state index contributed by atoms with van der Waals surface area (Å²) in [6.45, 7) is 4.81. The Labute approximate surface area is 179 Å². The number of hydrogen-bond donors (Lipinski definition) is 2. The monoisotopic (exact) mass is 514 g/mol. The highest BCUT2D eigenvalue weighted by Crippen LogP contribution is 2.35. The van der Waals surface area contributed by atoms with E-state index in [1.165, 1.54) is 12.8 Å². The van der Waals surface area contributed by atoms with Gasteiger partial charge in [-0.15, -0.1) is 5.10 Å². The average molecular weight is 514 g/mol. The largest absolute Gasteiger partial charge is 0.382 e. The maximum absolute atomic E-state index is 5.18. The van der Waals surface area contributed by atoms with E-state index in [9.17, 15) is 0 Å². The summed E-state index contributed by atoms with van der Waals surface area (Å²) in [5, 5.41) is 16.1. The molecule has 150 valence electrons. The third-order valence-corrected chi connectivity index (χ3v) is 6.60. The molecule has 3 aromatic heterocycles. The fourth-order valence-corrected chi connectivity index (χ4v) is 4.39. The highest BCUT2D eigenvalue weighted by Gasteiger charge is 2.28. The lowest BCUT2D eigenvalue weighted by atomic mass is 10.2. The van der Waals surface area contributed by atoms with Crippen molar-refractivity contribution >= 4 is 58.9 Å². The molecule has 3 aromatic rings. The SMILES string of the molecule is COCC(C)n1cc(Nc2nc(N[C@@H](C)C3CC3)c3ccn(SI)c3n2)nn1. The van der Waals surface area contributed by atoms with Crippen molar-refractivity contribution in [3.8, 4) is 0 Å². The lowest BCUT2D eigenvalue weighted by Gasteiger charge is -2.15. The first-order chi connectivity index (χ1) is 13.6. The molecule has 0 radical (unpaired) electrons. The van der Waals surface area contributed by atoms with Gasteiger partial charge in [-0.1, -0.05) is 5.21 Å². The number of fused-ring (bicyclic) bond motifs is 1. The molecule has 1 aliphatic carbocycles. The maximum Gasteiger partial charge on any atom is 0.232 e. The molecular formula is C17H23IN8OS. The third-order valence-electron chi connectivity index (χ3n) is 4.89. The maximum atomic E-state index is 5.18. The van der Waals surface area contributed by atoms with Gasteiger partial charge in [-0.05, 0) is 38.7 Å². The molecule has 0 spiro atoms. The minimum atomic E-state index is 0.0979. The van der Waals surface area contributed by atoms with Crippen LogP contribution in [0, 0.1) is 5.92 Å². The standard InChI is InChI=1S/C17H23IN8OS/c1-10(9-27-3)25-8-14(23-24-25)20-17-21-15(19-11(2)12-4-5-12)13-6-7-26(28-18)16(13)22-17/h6-8,10-12H,4-5,9H2,1-3H3,(H2,19,20,21,22)/t10?,11-/m0/s1. The number of hydrogen-bond acceptors (Lipinski definition) is 8. The molecule has 2 N–H and O–H groups in total. The molecule has 0 bridgehead atoms. The van der Waals surface area contributed by atoms with Crippen molar-refractivity contribution in [3.05, 3.63) is 18.5 Å². The molecule has 3 heterocycles. The first kappa shape index (κ1) is 19.7. The van der Waals surface area contributed by atoms with Gasteiger partial charge in [-0.3, -0.25) is 3.97 Å². The first-order valence-corrected chi connectivity index (χ1v) is 12.5. The molecule has 1 saturated carbocycles. The van der Waals surface area contributed by atoms with Gasteiger partial charge in [0.2, 0.25) is 5.95 Å². The zero-order chi connectivity index (χ0) is 19.7. The van der Waals surface area contributed by atoms with Crippen LogP contribution in [0.25, 0.3) is 11.0 Å². The van der Waals surface area contributed by atoms with E-state index in [2.05, 4.69) is 55.1 Å². The van der Waals surface area contributed by atoms with Crippen molar-refractivity contribution in [1.82, 2.24) is 28.9 Å². The van der Waals surface area contributed by atoms with Crippen LogP contribution in [0.4, 0.5) is 17.6 Å². The number of rotatable bonds is 9. The Morgan fingerprint density at radius 1 is 1.36 bits per heavy atom. The van der Waals surface area contributed by atoms with E-state index in [0.29, 0.717) is 24.4 Å². The van der Waals surface area contributed by atoms with Gasteiger partial charge in [0.05, 0.1) is 24.2 Å². The summed E-state index contributed by atoms with van der Waals surface area (Å²) in [6.07, 6.45) is 6.40. The van der Waals surface area contributed by atoms with Crippen LogP contribution in [0.15, 0.2) is 18.5 Å². The number of ether oxygens (including phenoxy) is 1. The lowest BCUT2D eigenvalue weighted by molar-refractivity contribution is 0.156. The normalized spacial score (nSPS) is 16.3. The molecule has 0 aliphatic heterocycles. The molecule has 0 amide bonds. The number of anilines is 3. The Morgan fingerprint density at radius 2 is 2.18 bits per heavy atom. The lowest BCUT2D eigenvalue weighted by Crippen LogP contribution is -2.18. The Morgan fingerprint density at radius 3 is 2.89 bits per heavy atom. The van der Waals surface area contributed by atoms with Gasteiger partial charge in [0, 0.05) is 49.7 Å². The van der Waals surface area contributed by atoms with Crippen LogP contribution < -0.4 is 10.6 Å². The smallest absolute Gasteiger partial charge is 0.232 e. The van der Waals surface area contributed by atoms with E-state index in [4.69, 9.17) is 14.7 Å². The second-order valence-corrected chi connectivity index (χ2v) is 8.84. The zero-order valence-corrected chi connectivity index (χ0v) is 18.9. The van der Waals surface area contributed by atoms with Crippen LogP contribution in [-0.2, 0) is 4.74 Å². The van der Waals surface area contributed by atoms with Gasteiger partial charge in [0.25, 0.3) is 0 Å². The minimum absolute atomic E-state index is 0.0979. The van der Waals surface area contributed by atoms with Gasteiger partial charge < -0.3 is 15.4 Å². The molecule has 1 fully saturated rings. The van der Waals surface area contributed by atoms with Gasteiger partial charge in [0.1, 0.15) is 5.82 Å². The van der Waals surface area contributed by atoms with E-state index < -0.39 is 0 Å². The molecule has 2 atom stereocenters. The van der Waals surface area contributed by atoms with Crippen molar-refractivity contribution in [1.29, 1.82) is 0 Å². The van der Waals surface area contributed by atoms with Crippen LogP contribution in [0.5, 0.6) is 0 Å². The zero-order valence-electron chi connectivity index (χ0n) is 16.0. The minimum Gasteiger partial charge on any atom is -0.382 e. The van der Waals surface area contributed by atoms with Gasteiger partial charge >= 0.3 is 0 Å². The number of nitrogens with zero attached hydrogens (tertiary/aromatic N) is 6. The molecule has 0 saturated heterocycles. The number of nitrogens with one attached hydrogen (secondary N) is 2. The van der Waals surface area contributed by atoms with Crippen molar-refractivity contribution in [2.45, 2.75) is 38.8 Å². The Balaban J connectivity index is 1.62. The summed E-state index contributed by atoms with van der Waals surface area (Å²) in [6, 6.07) is 2.54. The quantitative estimate of drug-likeness (QED) is 0.414. The highest BCUT2D eigenvalue weighted by atomic mass is 127. The van der Waals surface area contributed by atoms with Crippen LogP contribution >= 0.6 is 30.3 Å². The second kappa shape index (κ2) is 8.41. The van der Waals surface area contributed by atoms with Crippen LogP contribution in [0.1, 0.15) is 32.7 Å². The molecule has 4 rings (SSSR count). The second-order valence-electron chi connectivity index (χ2n) is 7.13. The van der Waals surface area contributed by atoms with Crippen LogP contribution in [0.3, 0.4) is 0 Å². The Kier molecular flexibility index (Phi) is 5.92. The van der Waals surface area contributed by atoms with Crippen LogP contribution in [-0.4, -0.2) is 48.7 Å². The topological polar surface area (TPSA) is 94.7 Å². The summed E-state index contributed by atoms with van der Waals surface area (Å²) in [7, 11) is 3.25. The van der Waals surface area contributed by atoms with Crippen molar-refractivity contribution in [3.63, 3.8) is 0 Å². The van der Waals surface area contributed by atoms with E-state index in [1.807, 2.05) is 23.3 Å². The predicted molar refractivity (Wildman–Crippen MR) is 120 cm³/mol. The van der Waals surface area contributed by atoms with Gasteiger partial charge in [-0.2, -0.15) is 9.97 Å². The summed E-state index contributed by atoms with van der Waals surface area (Å²) >= 11 is 2.25. The average Bonchev–Trinajstić information content (AvgIpc) is 3.29. The molecular weight excluding hydrogens is 491 g/mol. The molecule has 1 aliphatic rings. The number of methoxy groups -OCH3 is 1. The van der Waals surface area contributed by atoms with E-state index in [1.54, 1.807) is 20.9 Å². The molecule has 0 aromatic carbocycles. The fourth-order valence-electron chi connectivity index (χ4n) is 3.12. The summed E-state index contributed by atoms with van der Waals surface area (Å²) in [4.78, 5) is 9.42. The van der Waals surface area contributed by atoms with E-state index in [-0.39, 0.29) is 6.04 Å². The Hall–Kier alpha value is -1.60. The Bertz CT molecular complexity index is 956. The fraction of sp³-hybridized carbons (Fsp3) is 0.529. The first-order valence-electron chi connectivity index (χ1n) is 9.21. The predicted octanol–water partition coefficient (Wildman–Crippen LogP) is 4.03. The van der Waals surface area contributed by atoms with Gasteiger partial charge in [-0.25, -0.2) is 4.68 Å². The molecule has 28 heavy (non-hydrogen) atoms. The van der Waals surface area contributed by atoms with E-state index >= 15 is 0 Å². The summed E-state index contributed by atoms with van der Waals surface area (Å²) in [5.41, 5.74) is 0.863. The van der Waals surface area contributed by atoms with Crippen molar-refractivity contribution in [2.75, 3.05) is 24.4 Å². The summed E-state index contributed by atoms with van der Waals surface area (Å²) < 4.78 is 8.97. The van der Waals surface area contributed by atoms with Crippen LogP contribution in [0.2, 0.25) is 0 Å². The molecule has 1 unspecified atom stereocenters. The molecule has 9 nitrogen and oxygen atoms in total. The number of aromatic nitrogens is 6. The third kappa shape index (κ3) is 4.20. The summed E-state index contributed by atoms with van der Waals surface area (Å²) in [5.74, 6) is 2.67. The van der Waals surface area contributed by atoms with Crippen molar-refractivity contribution < 1.29 is 4.74 Å². The van der Waals surface area contributed by atoms with E-state index in [0.717, 1.165) is 22.8 Å². The molecule has 11 heteroatoms.